The molecule has 2 aromatic carbocycles. The van der Waals surface area contributed by atoms with Crippen LogP contribution in [0, 0.1) is 24.4 Å². The summed E-state index contributed by atoms with van der Waals surface area (Å²) in [6.07, 6.45) is -2.49. The van der Waals surface area contributed by atoms with Gasteiger partial charge >= 0.3 is 6.18 Å². The van der Waals surface area contributed by atoms with Crippen LogP contribution in [0.3, 0.4) is 0 Å². The van der Waals surface area contributed by atoms with Crippen LogP contribution in [0.5, 0.6) is 0 Å². The van der Waals surface area contributed by atoms with E-state index in [1.165, 1.54) is 6.92 Å². The first-order valence-corrected chi connectivity index (χ1v) is 13.3. The lowest BCUT2D eigenvalue weighted by Crippen LogP contribution is -2.56. The van der Waals surface area contributed by atoms with Crippen LogP contribution in [0.15, 0.2) is 42.6 Å². The van der Waals surface area contributed by atoms with E-state index in [1.807, 2.05) is 4.90 Å². The van der Waals surface area contributed by atoms with Gasteiger partial charge in [-0.15, -0.1) is 0 Å². The number of aromatic nitrogens is 3. The van der Waals surface area contributed by atoms with E-state index < -0.39 is 40.8 Å². The van der Waals surface area contributed by atoms with Crippen molar-refractivity contribution in [3.8, 4) is 11.3 Å². The topological polar surface area (TPSA) is 74.0 Å². The van der Waals surface area contributed by atoms with E-state index >= 15 is 0 Å². The molecule has 1 saturated carbocycles. The van der Waals surface area contributed by atoms with Gasteiger partial charge in [-0.2, -0.15) is 18.3 Å². The molecule has 1 aliphatic carbocycles. The maximum atomic E-state index is 14.3. The summed E-state index contributed by atoms with van der Waals surface area (Å²) >= 11 is 0. The number of fused-ring (bicyclic) bond motifs is 1. The highest BCUT2D eigenvalue weighted by Gasteiger charge is 2.53. The van der Waals surface area contributed by atoms with E-state index in [0.717, 1.165) is 12.3 Å². The second-order valence-electron chi connectivity index (χ2n) is 10.8. The third-order valence-corrected chi connectivity index (χ3v) is 8.06. The molecule has 0 bridgehead atoms. The van der Waals surface area contributed by atoms with Crippen LogP contribution in [-0.2, 0) is 19.3 Å². The molecule has 1 amide bonds. The highest BCUT2D eigenvalue weighted by molar-refractivity contribution is 6.00. The smallest absolute Gasteiger partial charge is 0.392 e. The number of carbonyl (C=O) groups is 1. The Balaban J connectivity index is 1.34. The van der Waals surface area contributed by atoms with Gasteiger partial charge in [-0.3, -0.25) is 9.69 Å². The molecule has 3 heterocycles. The number of nitrogens with zero attached hydrogens (tertiary/aromatic N) is 5. The number of aliphatic hydroxyl groups excluding tert-OH is 1. The second-order valence-corrected chi connectivity index (χ2v) is 10.8. The lowest BCUT2D eigenvalue weighted by Gasteiger charge is -2.42. The van der Waals surface area contributed by atoms with Crippen LogP contribution in [-0.4, -0.2) is 60.6 Å². The van der Waals surface area contributed by atoms with Crippen LogP contribution in [0.4, 0.5) is 26.3 Å². The molecule has 220 valence electrons. The maximum absolute atomic E-state index is 14.3. The molecule has 0 atom stereocenters. The third kappa shape index (κ3) is 4.79. The summed E-state index contributed by atoms with van der Waals surface area (Å²) in [5.41, 5.74) is -1.34. The van der Waals surface area contributed by atoms with E-state index in [2.05, 4.69) is 10.1 Å². The molecule has 7 nitrogen and oxygen atoms in total. The lowest BCUT2D eigenvalue weighted by atomic mass is 10.0. The fraction of sp³-hybridized carbons (Fsp3) is 0.345. The van der Waals surface area contributed by atoms with Crippen LogP contribution >= 0.6 is 0 Å². The molecule has 0 unspecified atom stereocenters. The number of hydrogen-bond donors (Lipinski definition) is 1. The minimum atomic E-state index is -4.80. The Morgan fingerprint density at radius 3 is 2.43 bits per heavy atom. The normalized spacial score (nSPS) is 16.9. The number of amides is 1. The zero-order valence-electron chi connectivity index (χ0n) is 22.4. The van der Waals surface area contributed by atoms with Gasteiger partial charge in [0.15, 0.2) is 23.0 Å². The molecule has 1 saturated heterocycles. The number of alkyl halides is 3. The molecular formula is C29H25F6N5O2. The first-order valence-electron chi connectivity index (χ1n) is 13.3. The fourth-order valence-electron chi connectivity index (χ4n) is 5.80. The van der Waals surface area contributed by atoms with Crippen molar-refractivity contribution in [2.24, 2.45) is 0 Å². The van der Waals surface area contributed by atoms with E-state index in [-0.39, 0.29) is 54.3 Å². The van der Waals surface area contributed by atoms with Gasteiger partial charge in [0.05, 0.1) is 24.0 Å². The minimum absolute atomic E-state index is 0.0316. The molecule has 42 heavy (non-hydrogen) atoms. The second kappa shape index (κ2) is 10.1. The first kappa shape index (κ1) is 28.2. The van der Waals surface area contributed by atoms with Gasteiger partial charge in [0.25, 0.3) is 5.91 Å². The van der Waals surface area contributed by atoms with Crippen molar-refractivity contribution in [2.45, 2.75) is 44.6 Å². The van der Waals surface area contributed by atoms with Gasteiger partial charge in [-0.25, -0.2) is 22.7 Å². The van der Waals surface area contributed by atoms with Crippen LogP contribution < -0.4 is 0 Å². The summed E-state index contributed by atoms with van der Waals surface area (Å²) in [4.78, 5) is 21.7. The molecule has 2 aliphatic rings. The average molecular weight is 590 g/mol. The Morgan fingerprint density at radius 2 is 1.79 bits per heavy atom. The fourth-order valence-corrected chi connectivity index (χ4v) is 5.80. The molecule has 4 aromatic rings. The number of carbonyl (C=O) groups excluding carboxylic acids is 1. The largest absolute Gasteiger partial charge is 0.433 e. The van der Waals surface area contributed by atoms with Crippen molar-refractivity contribution in [3.63, 3.8) is 0 Å². The molecule has 0 radical (unpaired) electrons. The van der Waals surface area contributed by atoms with Gasteiger partial charge < -0.3 is 10.0 Å². The van der Waals surface area contributed by atoms with Crippen molar-refractivity contribution in [3.05, 3.63) is 88.0 Å². The highest BCUT2D eigenvalue weighted by Crippen LogP contribution is 2.46. The quantitative estimate of drug-likeness (QED) is 0.258. The summed E-state index contributed by atoms with van der Waals surface area (Å²) in [5, 5.41) is 13.3. The molecule has 2 aromatic heterocycles. The van der Waals surface area contributed by atoms with Crippen LogP contribution in [0.1, 0.15) is 45.6 Å². The van der Waals surface area contributed by atoms with Gasteiger partial charge in [0.2, 0.25) is 0 Å². The first-order chi connectivity index (χ1) is 19.9. The van der Waals surface area contributed by atoms with Gasteiger partial charge in [-0.05, 0) is 31.4 Å². The Labute approximate surface area is 236 Å². The number of halogens is 6. The third-order valence-electron chi connectivity index (χ3n) is 8.06. The summed E-state index contributed by atoms with van der Waals surface area (Å²) in [7, 11) is 0. The predicted octanol–water partition coefficient (Wildman–Crippen LogP) is 5.12. The molecule has 6 rings (SSSR count). The standard InChI is InChI=1S/C29H25F6N5O2/c1-16-24(18-4-2-17(14-41)3-5-18)37-26-21(12-36-40(26)25(16)29(33,34)35)27(42)39-9-8-38(15-28(39)6-7-28)13-19-10-20(30)11-22(31)23(19)32/h2-5,10-12,41H,6-9,13-15H2,1H3. The van der Waals surface area contributed by atoms with Gasteiger partial charge in [0.1, 0.15) is 11.4 Å². The number of piperazine rings is 1. The molecule has 1 N–H and O–H groups in total. The summed E-state index contributed by atoms with van der Waals surface area (Å²) in [6, 6.07) is 7.69. The Morgan fingerprint density at radius 1 is 1.07 bits per heavy atom. The monoisotopic (exact) mass is 589 g/mol. The zero-order chi connectivity index (χ0) is 30.0. The maximum Gasteiger partial charge on any atom is 0.433 e. The van der Waals surface area contributed by atoms with Crippen molar-refractivity contribution in [1.82, 2.24) is 24.4 Å². The molecule has 13 heteroatoms. The van der Waals surface area contributed by atoms with E-state index in [9.17, 15) is 36.2 Å². The van der Waals surface area contributed by atoms with Crippen molar-refractivity contribution in [1.29, 1.82) is 0 Å². The van der Waals surface area contributed by atoms with Crippen LogP contribution in [0.2, 0.25) is 0 Å². The zero-order valence-corrected chi connectivity index (χ0v) is 22.4. The summed E-state index contributed by atoms with van der Waals surface area (Å²) in [5.74, 6) is -3.83. The van der Waals surface area contributed by atoms with Gasteiger partial charge in [-0.1, -0.05) is 24.3 Å². The van der Waals surface area contributed by atoms with Crippen molar-refractivity contribution >= 4 is 11.6 Å². The Bertz CT molecular complexity index is 1700. The van der Waals surface area contributed by atoms with E-state index in [1.54, 1.807) is 29.2 Å². The predicted molar refractivity (Wildman–Crippen MR) is 139 cm³/mol. The molecule has 1 spiro atoms. The molecular weight excluding hydrogens is 564 g/mol. The van der Waals surface area contributed by atoms with Crippen molar-refractivity contribution < 1.29 is 36.2 Å². The lowest BCUT2D eigenvalue weighted by molar-refractivity contribution is -0.143. The Hall–Kier alpha value is -3.97. The van der Waals surface area contributed by atoms with Gasteiger partial charge in [0, 0.05) is 48.9 Å². The van der Waals surface area contributed by atoms with Crippen molar-refractivity contribution in [2.75, 3.05) is 19.6 Å². The summed E-state index contributed by atoms with van der Waals surface area (Å²) in [6.45, 7) is 1.73. The van der Waals surface area contributed by atoms with Crippen LogP contribution in [0.25, 0.3) is 16.9 Å². The number of rotatable bonds is 5. The number of hydrogen-bond acceptors (Lipinski definition) is 5. The average Bonchev–Trinajstić information content (AvgIpc) is 3.57. The van der Waals surface area contributed by atoms with E-state index in [0.29, 0.717) is 41.1 Å². The summed E-state index contributed by atoms with van der Waals surface area (Å²) < 4.78 is 85.2. The highest BCUT2D eigenvalue weighted by atomic mass is 19.4. The SMILES string of the molecule is Cc1c(-c2ccc(CO)cc2)nc2c(C(=O)N3CCN(Cc4cc(F)cc(F)c4F)CC34CC4)cnn2c1C(F)(F)F. The molecule has 1 aliphatic heterocycles. The van der Waals surface area contributed by atoms with E-state index in [4.69, 9.17) is 0 Å². The number of benzene rings is 2. The minimum Gasteiger partial charge on any atom is -0.392 e. The molecule has 2 fully saturated rings. The number of aliphatic hydroxyl groups is 1. The Kier molecular flexibility index (Phi) is 6.76.